The van der Waals surface area contributed by atoms with E-state index in [1.165, 1.54) is 11.1 Å². The van der Waals surface area contributed by atoms with E-state index < -0.39 is 0 Å². The number of aliphatic hydroxyl groups is 2. The molecule has 1 aromatic carbocycles. The molecule has 0 spiro atoms. The topological polar surface area (TPSA) is 52.5 Å². The number of hydrogen-bond acceptors (Lipinski definition) is 3. The summed E-state index contributed by atoms with van der Waals surface area (Å²) in [6.45, 7) is -0.0374. The summed E-state index contributed by atoms with van der Waals surface area (Å²) in [5, 5.41) is 21.3. The van der Waals surface area contributed by atoms with Crippen molar-refractivity contribution >= 4 is 0 Å². The predicted molar refractivity (Wildman–Crippen MR) is 58.6 cm³/mol. The van der Waals surface area contributed by atoms with Crippen LogP contribution in [-0.4, -0.2) is 29.5 Å². The van der Waals surface area contributed by atoms with Crippen LogP contribution in [0.5, 0.6) is 0 Å². The number of aliphatic hydroxyl groups excluding tert-OH is 2. The number of hydrogen-bond donors (Lipinski definition) is 3. The highest BCUT2D eigenvalue weighted by atomic mass is 16.3. The smallest absolute Gasteiger partial charge is 0.0607 e. The molecule has 0 aliphatic heterocycles. The highest BCUT2D eigenvalue weighted by molar-refractivity contribution is 5.34. The van der Waals surface area contributed by atoms with Crippen molar-refractivity contribution in [2.24, 2.45) is 0 Å². The molecule has 3 nitrogen and oxygen atoms in total. The van der Waals surface area contributed by atoms with E-state index in [2.05, 4.69) is 23.5 Å². The van der Waals surface area contributed by atoms with Gasteiger partial charge in [-0.2, -0.15) is 0 Å². The Hall–Kier alpha value is -0.900. The van der Waals surface area contributed by atoms with Crippen molar-refractivity contribution < 1.29 is 10.2 Å². The molecule has 1 aliphatic carbocycles. The van der Waals surface area contributed by atoms with Crippen LogP contribution < -0.4 is 5.32 Å². The summed E-state index contributed by atoms with van der Waals surface area (Å²) in [4.78, 5) is 0. The molecule has 1 atom stereocenters. The molecule has 0 saturated carbocycles. The zero-order chi connectivity index (χ0) is 10.7. The average Bonchev–Trinajstić information content (AvgIpc) is 2.69. The molecule has 0 fully saturated rings. The lowest BCUT2D eigenvalue weighted by molar-refractivity contribution is 0.162. The van der Waals surface area contributed by atoms with E-state index in [0.717, 1.165) is 12.8 Å². The summed E-state index contributed by atoms with van der Waals surface area (Å²) in [6.07, 6.45) is 2.13. The second-order valence-corrected chi connectivity index (χ2v) is 4.02. The molecule has 1 unspecified atom stereocenters. The van der Waals surface area contributed by atoms with Gasteiger partial charge in [-0.15, -0.1) is 0 Å². The molecule has 3 N–H and O–H groups in total. The van der Waals surface area contributed by atoms with Gasteiger partial charge in [0.15, 0.2) is 0 Å². The Kier molecular flexibility index (Phi) is 3.36. The normalized spacial score (nSPS) is 19.5. The highest BCUT2D eigenvalue weighted by Gasteiger charge is 2.23. The molecule has 0 aromatic heterocycles. The van der Waals surface area contributed by atoms with Crippen molar-refractivity contribution in [2.45, 2.75) is 24.9 Å². The van der Waals surface area contributed by atoms with Gasteiger partial charge in [-0.1, -0.05) is 24.3 Å². The second-order valence-electron chi connectivity index (χ2n) is 4.02. The van der Waals surface area contributed by atoms with Crippen molar-refractivity contribution in [1.29, 1.82) is 0 Å². The molecule has 1 aliphatic rings. The molecule has 0 amide bonds. The minimum absolute atomic E-state index is 0.0187. The van der Waals surface area contributed by atoms with Crippen LogP contribution in [0, 0.1) is 0 Å². The summed E-state index contributed by atoms with van der Waals surface area (Å²) in [5.41, 5.74) is 2.69. The molecule has 2 rings (SSSR count). The van der Waals surface area contributed by atoms with Gasteiger partial charge < -0.3 is 15.5 Å². The van der Waals surface area contributed by atoms with Gasteiger partial charge in [0.1, 0.15) is 0 Å². The van der Waals surface area contributed by atoms with E-state index in [1.54, 1.807) is 0 Å². The Bertz CT molecular complexity index is 323. The van der Waals surface area contributed by atoms with Crippen LogP contribution in [0.15, 0.2) is 24.3 Å². The largest absolute Gasteiger partial charge is 0.395 e. The number of fused-ring (bicyclic) bond motifs is 1. The first kappa shape index (κ1) is 10.6. The summed E-state index contributed by atoms with van der Waals surface area (Å²) in [7, 11) is 0. The predicted octanol–water partition coefficient (Wildman–Crippen LogP) is 0.617. The Balaban J connectivity index is 2.07. The van der Waals surface area contributed by atoms with Gasteiger partial charge >= 0.3 is 0 Å². The fourth-order valence-electron chi connectivity index (χ4n) is 2.18. The first-order valence-corrected chi connectivity index (χ1v) is 5.40. The van der Waals surface area contributed by atoms with Crippen LogP contribution in [-0.2, 0) is 6.42 Å². The second kappa shape index (κ2) is 4.75. The third kappa shape index (κ3) is 2.20. The van der Waals surface area contributed by atoms with Crippen LogP contribution in [0.1, 0.15) is 23.6 Å². The maximum Gasteiger partial charge on any atom is 0.0607 e. The lowest BCUT2D eigenvalue weighted by atomic mass is 10.1. The average molecular weight is 207 g/mol. The molecular weight excluding hydrogens is 190 g/mol. The van der Waals surface area contributed by atoms with Crippen LogP contribution in [0.25, 0.3) is 0 Å². The third-order valence-corrected chi connectivity index (χ3v) is 3.01. The number of nitrogens with one attached hydrogen (secondary N) is 1. The van der Waals surface area contributed by atoms with E-state index >= 15 is 0 Å². The van der Waals surface area contributed by atoms with Gasteiger partial charge in [0.2, 0.25) is 0 Å². The zero-order valence-electron chi connectivity index (χ0n) is 8.69. The standard InChI is InChI=1S/C12H17NO2/c14-7-10(8-15)13-12-6-5-9-3-1-2-4-11(9)12/h1-4,10,12-15H,5-8H2. The van der Waals surface area contributed by atoms with Gasteiger partial charge in [-0.25, -0.2) is 0 Å². The zero-order valence-corrected chi connectivity index (χ0v) is 8.69. The van der Waals surface area contributed by atoms with Crippen LogP contribution in [0.3, 0.4) is 0 Å². The fraction of sp³-hybridized carbons (Fsp3) is 0.500. The van der Waals surface area contributed by atoms with Gasteiger partial charge in [0.05, 0.1) is 19.3 Å². The van der Waals surface area contributed by atoms with Gasteiger partial charge in [-0.3, -0.25) is 0 Å². The van der Waals surface area contributed by atoms with E-state index in [1.807, 2.05) is 6.07 Å². The number of rotatable bonds is 4. The molecular formula is C12H17NO2. The Morgan fingerprint density at radius 1 is 1.27 bits per heavy atom. The van der Waals surface area contributed by atoms with Crippen molar-refractivity contribution in [3.63, 3.8) is 0 Å². The Labute approximate surface area is 89.8 Å². The van der Waals surface area contributed by atoms with Crippen molar-refractivity contribution in [3.05, 3.63) is 35.4 Å². The summed E-state index contributed by atoms with van der Waals surface area (Å²) >= 11 is 0. The van der Waals surface area contributed by atoms with Crippen molar-refractivity contribution in [1.82, 2.24) is 5.32 Å². The molecule has 0 radical (unpaired) electrons. The molecule has 0 bridgehead atoms. The Morgan fingerprint density at radius 2 is 2.00 bits per heavy atom. The highest BCUT2D eigenvalue weighted by Crippen LogP contribution is 2.30. The summed E-state index contributed by atoms with van der Waals surface area (Å²) in [5.74, 6) is 0. The Morgan fingerprint density at radius 3 is 2.73 bits per heavy atom. The summed E-state index contributed by atoms with van der Waals surface area (Å²) in [6, 6.07) is 8.42. The molecule has 1 aromatic rings. The molecule has 0 saturated heterocycles. The molecule has 3 heteroatoms. The lowest BCUT2D eigenvalue weighted by Gasteiger charge is -2.20. The summed E-state index contributed by atoms with van der Waals surface area (Å²) < 4.78 is 0. The quantitative estimate of drug-likeness (QED) is 0.678. The van der Waals surface area contributed by atoms with Gasteiger partial charge in [-0.05, 0) is 24.0 Å². The van der Waals surface area contributed by atoms with E-state index in [0.29, 0.717) is 0 Å². The van der Waals surface area contributed by atoms with E-state index in [4.69, 9.17) is 10.2 Å². The SMILES string of the molecule is OCC(CO)NC1CCc2ccccc21. The number of aryl methyl sites for hydroxylation is 1. The first-order valence-electron chi connectivity index (χ1n) is 5.40. The van der Waals surface area contributed by atoms with Crippen molar-refractivity contribution in [2.75, 3.05) is 13.2 Å². The molecule has 15 heavy (non-hydrogen) atoms. The van der Waals surface area contributed by atoms with Crippen LogP contribution in [0.4, 0.5) is 0 Å². The molecule has 82 valence electrons. The van der Waals surface area contributed by atoms with E-state index in [9.17, 15) is 0 Å². The van der Waals surface area contributed by atoms with E-state index in [-0.39, 0.29) is 25.3 Å². The number of benzene rings is 1. The van der Waals surface area contributed by atoms with Gasteiger partial charge in [0.25, 0.3) is 0 Å². The maximum absolute atomic E-state index is 9.01. The van der Waals surface area contributed by atoms with Gasteiger partial charge in [0, 0.05) is 6.04 Å². The lowest BCUT2D eigenvalue weighted by Crippen LogP contribution is -2.37. The first-order chi connectivity index (χ1) is 7.35. The maximum atomic E-state index is 9.01. The van der Waals surface area contributed by atoms with Crippen LogP contribution in [0.2, 0.25) is 0 Å². The monoisotopic (exact) mass is 207 g/mol. The third-order valence-electron chi connectivity index (χ3n) is 3.01. The minimum atomic E-state index is -0.207. The molecule has 0 heterocycles. The minimum Gasteiger partial charge on any atom is -0.395 e. The van der Waals surface area contributed by atoms with Crippen molar-refractivity contribution in [3.8, 4) is 0 Å². The fourth-order valence-corrected chi connectivity index (χ4v) is 2.18. The van der Waals surface area contributed by atoms with Crippen LogP contribution >= 0.6 is 0 Å².